The molecule has 0 spiro atoms. The number of methoxy groups -OCH3 is 1. The maximum atomic E-state index is 14.1. The topological polar surface area (TPSA) is 74.6 Å². The van der Waals surface area contributed by atoms with E-state index in [2.05, 4.69) is 5.10 Å². The van der Waals surface area contributed by atoms with Crippen molar-refractivity contribution < 1.29 is 36.9 Å². The van der Waals surface area contributed by atoms with Crippen molar-refractivity contribution in [2.45, 2.75) is 25.6 Å². The van der Waals surface area contributed by atoms with Gasteiger partial charge in [-0.15, -0.1) is 0 Å². The van der Waals surface area contributed by atoms with E-state index in [9.17, 15) is 22.4 Å². The van der Waals surface area contributed by atoms with E-state index in [4.69, 9.17) is 14.6 Å². The summed E-state index contributed by atoms with van der Waals surface area (Å²) >= 11 is 0. The number of hydrogen-bond donors (Lipinski definition) is 1. The highest BCUT2D eigenvalue weighted by atomic mass is 19.4. The molecule has 1 saturated heterocycles. The minimum Gasteiger partial charge on any atom is -0.497 e. The predicted molar refractivity (Wildman–Crippen MR) is 122 cm³/mol. The van der Waals surface area contributed by atoms with E-state index in [0.717, 1.165) is 5.01 Å². The number of aliphatic carboxylic acids is 1. The number of carbonyl (C=O) groups is 1. The lowest BCUT2D eigenvalue weighted by Crippen LogP contribution is -2.49. The second-order valence-electron chi connectivity index (χ2n) is 8.67. The summed E-state index contributed by atoms with van der Waals surface area (Å²) in [6.45, 7) is 2.94. The molecule has 1 fully saturated rings. The average molecular weight is 495 g/mol. The molecule has 7 nitrogen and oxygen atoms in total. The van der Waals surface area contributed by atoms with Crippen molar-refractivity contribution in [2.75, 3.05) is 36.7 Å². The van der Waals surface area contributed by atoms with Crippen LogP contribution in [0.5, 0.6) is 11.5 Å². The Labute approximate surface area is 199 Å². The zero-order valence-corrected chi connectivity index (χ0v) is 19.1. The first-order valence-electron chi connectivity index (χ1n) is 11.0. The predicted octanol–water partition coefficient (Wildman–Crippen LogP) is 4.57. The van der Waals surface area contributed by atoms with Crippen LogP contribution >= 0.6 is 0 Å². The lowest BCUT2D eigenvalue weighted by atomic mass is 9.94. The fourth-order valence-corrected chi connectivity index (χ4v) is 4.32. The molecule has 11 heteroatoms. The molecular weight excluding hydrogens is 470 g/mol. The number of rotatable bonds is 8. The third kappa shape index (κ3) is 5.28. The van der Waals surface area contributed by atoms with Crippen LogP contribution < -0.4 is 19.4 Å². The number of anilines is 2. The molecule has 0 saturated carbocycles. The highest BCUT2D eigenvalue weighted by Crippen LogP contribution is 2.37. The third-order valence-corrected chi connectivity index (χ3v) is 6.25. The molecule has 0 aliphatic carbocycles. The van der Waals surface area contributed by atoms with E-state index >= 15 is 0 Å². The zero-order valence-electron chi connectivity index (χ0n) is 19.1. The van der Waals surface area contributed by atoms with Gasteiger partial charge < -0.3 is 19.5 Å². The summed E-state index contributed by atoms with van der Waals surface area (Å²) in [6.07, 6.45) is -5.12. The number of carboxylic acid groups (broad SMARTS) is 1. The Morgan fingerprint density at radius 1 is 1.14 bits per heavy atom. The van der Waals surface area contributed by atoms with Crippen LogP contribution in [0.4, 0.5) is 28.9 Å². The first kappa shape index (κ1) is 24.6. The lowest BCUT2D eigenvalue weighted by Gasteiger charge is -2.41. The summed E-state index contributed by atoms with van der Waals surface area (Å²) < 4.78 is 65.0. The summed E-state index contributed by atoms with van der Waals surface area (Å²) in [5, 5.41) is 14.0. The van der Waals surface area contributed by atoms with Gasteiger partial charge >= 0.3 is 12.1 Å². The fraction of sp³-hybridized carbons (Fsp3) is 0.417. The molecule has 2 aliphatic heterocycles. The molecular formula is C24H25F4N3O4. The van der Waals surface area contributed by atoms with Crippen LogP contribution in [0.2, 0.25) is 0 Å². The lowest BCUT2D eigenvalue weighted by molar-refractivity contribution is -0.137. The molecule has 2 aromatic rings. The Morgan fingerprint density at radius 2 is 1.80 bits per heavy atom. The van der Waals surface area contributed by atoms with Gasteiger partial charge in [-0.1, -0.05) is 6.92 Å². The van der Waals surface area contributed by atoms with E-state index in [0.29, 0.717) is 42.6 Å². The number of halogens is 4. The van der Waals surface area contributed by atoms with E-state index in [1.807, 2.05) is 4.90 Å². The van der Waals surface area contributed by atoms with Crippen molar-refractivity contribution in [1.82, 2.24) is 0 Å². The number of benzene rings is 2. The van der Waals surface area contributed by atoms with Gasteiger partial charge in [0, 0.05) is 31.0 Å². The molecule has 1 N–H and O–H groups in total. The molecule has 188 valence electrons. The Morgan fingerprint density at radius 3 is 2.40 bits per heavy atom. The summed E-state index contributed by atoms with van der Waals surface area (Å²) in [6, 6.07) is 9.95. The molecule has 0 amide bonds. The van der Waals surface area contributed by atoms with Crippen molar-refractivity contribution in [2.24, 2.45) is 16.9 Å². The minimum absolute atomic E-state index is 0.179. The average Bonchev–Trinajstić information content (AvgIpc) is 3.10. The number of hydrogen-bond acceptors (Lipinski definition) is 6. The van der Waals surface area contributed by atoms with Gasteiger partial charge in [-0.05, 0) is 36.4 Å². The first-order valence-corrected chi connectivity index (χ1v) is 11.0. The van der Waals surface area contributed by atoms with Gasteiger partial charge in [-0.2, -0.15) is 18.3 Å². The third-order valence-electron chi connectivity index (χ3n) is 6.25. The molecule has 2 aliphatic rings. The number of nitrogens with zero attached hydrogens (tertiary/aromatic N) is 3. The minimum atomic E-state index is -4.64. The van der Waals surface area contributed by atoms with Crippen molar-refractivity contribution >= 4 is 23.1 Å². The summed E-state index contributed by atoms with van der Waals surface area (Å²) in [7, 11) is 1.52. The van der Waals surface area contributed by atoms with E-state index < -0.39 is 36.2 Å². The molecule has 2 unspecified atom stereocenters. The van der Waals surface area contributed by atoms with E-state index in [1.54, 1.807) is 36.4 Å². The van der Waals surface area contributed by atoms with Gasteiger partial charge in [0.15, 0.2) is 0 Å². The quantitative estimate of drug-likeness (QED) is 0.541. The van der Waals surface area contributed by atoms with E-state index in [-0.39, 0.29) is 11.7 Å². The smallest absolute Gasteiger partial charge is 0.431 e. The van der Waals surface area contributed by atoms with Crippen LogP contribution in [-0.2, 0) is 4.79 Å². The number of carboxylic acids is 1. The summed E-state index contributed by atoms with van der Waals surface area (Å²) in [4.78, 5) is 13.1. The van der Waals surface area contributed by atoms with Crippen molar-refractivity contribution in [3.63, 3.8) is 0 Å². The van der Waals surface area contributed by atoms with E-state index in [1.165, 1.54) is 20.1 Å². The Kier molecular flexibility index (Phi) is 6.77. The van der Waals surface area contributed by atoms with Gasteiger partial charge in [-0.3, -0.25) is 9.80 Å². The molecule has 0 bridgehead atoms. The summed E-state index contributed by atoms with van der Waals surface area (Å²) in [5.41, 5.74) is -0.177. The zero-order chi connectivity index (χ0) is 25.3. The standard InChI is InChI=1S/C24H25F4N3O4/c1-14-20(10-22(32)33)31(29-23(14)24(26,27)28)16-3-5-17(6-4-16)35-13-15-11-30(12-15)21-9-18(34-2)7-8-19(21)25/h3-9,14-15,20H,10-13H2,1-2H3,(H,32,33). The van der Waals surface area contributed by atoms with Gasteiger partial charge in [-0.25, -0.2) is 4.39 Å². The van der Waals surface area contributed by atoms with Gasteiger partial charge in [0.1, 0.15) is 23.0 Å². The maximum absolute atomic E-state index is 14.1. The van der Waals surface area contributed by atoms with Crippen molar-refractivity contribution in [3.05, 3.63) is 48.3 Å². The molecule has 35 heavy (non-hydrogen) atoms. The molecule has 0 aromatic heterocycles. The normalized spacial score (nSPS) is 20.5. The van der Waals surface area contributed by atoms with Crippen LogP contribution in [0.15, 0.2) is 47.6 Å². The number of ether oxygens (including phenoxy) is 2. The maximum Gasteiger partial charge on any atom is 0.431 e. The summed E-state index contributed by atoms with van der Waals surface area (Å²) in [5.74, 6) is -1.34. The monoisotopic (exact) mass is 495 g/mol. The van der Waals surface area contributed by atoms with Crippen LogP contribution in [-0.4, -0.2) is 55.8 Å². The SMILES string of the molecule is COc1ccc(F)c(N2CC(COc3ccc(N4N=C(C(F)(F)F)C(C)C4CC(=O)O)cc3)C2)c1. The van der Waals surface area contributed by atoms with Crippen molar-refractivity contribution in [3.8, 4) is 11.5 Å². The van der Waals surface area contributed by atoms with Crippen LogP contribution in [0.3, 0.4) is 0 Å². The van der Waals surface area contributed by atoms with Crippen LogP contribution in [0.25, 0.3) is 0 Å². The Hall–Kier alpha value is -3.50. The van der Waals surface area contributed by atoms with Gasteiger partial charge in [0.05, 0.1) is 37.6 Å². The molecule has 2 atom stereocenters. The highest BCUT2D eigenvalue weighted by Gasteiger charge is 2.48. The number of alkyl halides is 3. The van der Waals surface area contributed by atoms with Crippen LogP contribution in [0.1, 0.15) is 13.3 Å². The second-order valence-corrected chi connectivity index (χ2v) is 8.67. The van der Waals surface area contributed by atoms with Crippen molar-refractivity contribution in [1.29, 1.82) is 0 Å². The fourth-order valence-electron chi connectivity index (χ4n) is 4.32. The first-order chi connectivity index (χ1) is 16.6. The highest BCUT2D eigenvalue weighted by molar-refractivity contribution is 5.95. The second kappa shape index (κ2) is 9.63. The Balaban J connectivity index is 1.36. The molecule has 4 rings (SSSR count). The molecule has 2 heterocycles. The molecule has 2 aromatic carbocycles. The number of hydrazone groups is 1. The van der Waals surface area contributed by atoms with Gasteiger partial charge in [0.2, 0.25) is 0 Å². The molecule has 0 radical (unpaired) electrons. The van der Waals surface area contributed by atoms with Gasteiger partial charge in [0.25, 0.3) is 0 Å². The largest absolute Gasteiger partial charge is 0.497 e. The van der Waals surface area contributed by atoms with Crippen LogP contribution in [0, 0.1) is 17.7 Å². The Bertz CT molecular complexity index is 1100.